The van der Waals surface area contributed by atoms with Gasteiger partial charge in [-0.25, -0.2) is 0 Å². The van der Waals surface area contributed by atoms with Gasteiger partial charge in [-0.1, -0.05) is 140 Å². The molecule has 202 valence electrons. The van der Waals surface area contributed by atoms with Gasteiger partial charge in [-0.3, -0.25) is 0 Å². The van der Waals surface area contributed by atoms with Crippen molar-refractivity contribution >= 4 is 49.4 Å². The summed E-state index contributed by atoms with van der Waals surface area (Å²) in [5.41, 5.74) is 8.18. The maximum absolute atomic E-state index is 2.39. The number of nitrogens with zero attached hydrogens (tertiary/aromatic N) is 1. The van der Waals surface area contributed by atoms with E-state index in [1.54, 1.807) is 0 Å². The molecule has 0 radical (unpaired) electrons. The standard InChI is InChI=1S/C42H29N/c1-4-12-30(13-5-1)34-24-27-41(40(29-34)31-14-6-2-7-15-31)43(36-17-8-3-9-18-36)37-25-26-39-35(28-37)23-22-33-21-20-32-16-10-11-19-38(32)42(33)39/h1-29H. The lowest BCUT2D eigenvalue weighted by atomic mass is 9.95. The number of hydrogen-bond donors (Lipinski definition) is 0. The van der Waals surface area contributed by atoms with Crippen molar-refractivity contribution in [1.29, 1.82) is 0 Å². The monoisotopic (exact) mass is 547 g/mol. The summed E-state index contributed by atoms with van der Waals surface area (Å²) in [5, 5.41) is 7.63. The van der Waals surface area contributed by atoms with Gasteiger partial charge in [-0.15, -0.1) is 0 Å². The van der Waals surface area contributed by atoms with Crippen LogP contribution in [0.25, 0.3) is 54.6 Å². The predicted octanol–water partition coefficient (Wildman–Crippen LogP) is 11.9. The van der Waals surface area contributed by atoms with Crippen LogP contribution in [0.4, 0.5) is 17.1 Å². The van der Waals surface area contributed by atoms with E-state index in [0.29, 0.717) is 0 Å². The van der Waals surface area contributed by atoms with Gasteiger partial charge >= 0.3 is 0 Å². The van der Waals surface area contributed by atoms with Crippen molar-refractivity contribution in [2.75, 3.05) is 4.90 Å². The normalized spacial score (nSPS) is 11.3. The molecule has 0 spiro atoms. The Morgan fingerprint density at radius 1 is 0.326 bits per heavy atom. The molecular formula is C42H29N. The Kier molecular flexibility index (Phi) is 6.20. The Hall–Kier alpha value is -5.66. The second kappa shape index (κ2) is 10.6. The van der Waals surface area contributed by atoms with Crippen LogP contribution < -0.4 is 4.90 Å². The first-order valence-electron chi connectivity index (χ1n) is 14.8. The molecule has 0 heterocycles. The Morgan fingerprint density at radius 2 is 0.930 bits per heavy atom. The predicted molar refractivity (Wildman–Crippen MR) is 185 cm³/mol. The Balaban J connectivity index is 1.37. The van der Waals surface area contributed by atoms with Crippen molar-refractivity contribution in [3.05, 3.63) is 176 Å². The molecule has 8 rings (SSSR count). The van der Waals surface area contributed by atoms with Gasteiger partial charge in [0.25, 0.3) is 0 Å². The van der Waals surface area contributed by atoms with Crippen LogP contribution in [-0.4, -0.2) is 0 Å². The van der Waals surface area contributed by atoms with Crippen molar-refractivity contribution in [3.8, 4) is 22.3 Å². The van der Waals surface area contributed by atoms with E-state index < -0.39 is 0 Å². The Labute approximate surface area is 251 Å². The Bertz CT molecular complexity index is 2220. The number of hydrogen-bond acceptors (Lipinski definition) is 1. The van der Waals surface area contributed by atoms with Crippen molar-refractivity contribution in [2.45, 2.75) is 0 Å². The quantitative estimate of drug-likeness (QED) is 0.194. The van der Waals surface area contributed by atoms with Crippen molar-refractivity contribution < 1.29 is 0 Å². The van der Waals surface area contributed by atoms with E-state index in [2.05, 4.69) is 181 Å². The number of rotatable bonds is 5. The molecule has 0 aliphatic rings. The molecule has 8 aromatic carbocycles. The van der Waals surface area contributed by atoms with E-state index in [0.717, 1.165) is 17.1 Å². The summed E-state index contributed by atoms with van der Waals surface area (Å²) in [6.45, 7) is 0. The van der Waals surface area contributed by atoms with Gasteiger partial charge in [0, 0.05) is 16.9 Å². The fraction of sp³-hybridized carbons (Fsp3) is 0. The molecule has 1 nitrogen and oxygen atoms in total. The highest BCUT2D eigenvalue weighted by atomic mass is 15.1. The molecule has 0 saturated heterocycles. The van der Waals surface area contributed by atoms with Crippen molar-refractivity contribution in [2.24, 2.45) is 0 Å². The molecule has 8 aromatic rings. The average Bonchev–Trinajstić information content (AvgIpc) is 3.09. The summed E-state index contributed by atoms with van der Waals surface area (Å²) in [5.74, 6) is 0. The highest BCUT2D eigenvalue weighted by molar-refractivity contribution is 6.20. The van der Waals surface area contributed by atoms with E-state index in [1.165, 1.54) is 54.6 Å². The van der Waals surface area contributed by atoms with Crippen LogP contribution in [0.2, 0.25) is 0 Å². The van der Waals surface area contributed by atoms with Crippen LogP contribution in [0.1, 0.15) is 0 Å². The minimum absolute atomic E-state index is 1.12. The molecule has 0 fully saturated rings. The maximum atomic E-state index is 2.39. The lowest BCUT2D eigenvalue weighted by Crippen LogP contribution is -2.11. The third-order valence-electron chi connectivity index (χ3n) is 8.41. The smallest absolute Gasteiger partial charge is 0.0540 e. The number of fused-ring (bicyclic) bond motifs is 5. The van der Waals surface area contributed by atoms with Gasteiger partial charge in [-0.05, 0) is 85.4 Å². The molecule has 0 N–H and O–H groups in total. The first-order chi connectivity index (χ1) is 21.3. The third kappa shape index (κ3) is 4.52. The number of benzene rings is 8. The molecule has 0 unspecified atom stereocenters. The number of anilines is 3. The van der Waals surface area contributed by atoms with E-state index in [9.17, 15) is 0 Å². The zero-order valence-corrected chi connectivity index (χ0v) is 23.7. The molecule has 0 aliphatic heterocycles. The van der Waals surface area contributed by atoms with Crippen LogP contribution in [0, 0.1) is 0 Å². The molecule has 43 heavy (non-hydrogen) atoms. The summed E-state index contributed by atoms with van der Waals surface area (Å²) >= 11 is 0. The largest absolute Gasteiger partial charge is 0.310 e. The van der Waals surface area contributed by atoms with Crippen LogP contribution in [0.3, 0.4) is 0 Å². The molecule has 0 aliphatic carbocycles. The van der Waals surface area contributed by atoms with E-state index in [-0.39, 0.29) is 0 Å². The molecule has 0 atom stereocenters. The van der Waals surface area contributed by atoms with E-state index in [1.807, 2.05) is 0 Å². The van der Waals surface area contributed by atoms with Gasteiger partial charge in [-0.2, -0.15) is 0 Å². The molecular weight excluding hydrogens is 518 g/mol. The third-order valence-corrected chi connectivity index (χ3v) is 8.41. The van der Waals surface area contributed by atoms with Crippen molar-refractivity contribution in [1.82, 2.24) is 0 Å². The van der Waals surface area contributed by atoms with Gasteiger partial charge in [0.15, 0.2) is 0 Å². The lowest BCUT2D eigenvalue weighted by Gasteiger charge is -2.28. The van der Waals surface area contributed by atoms with E-state index >= 15 is 0 Å². The number of para-hydroxylation sites is 1. The van der Waals surface area contributed by atoms with Gasteiger partial charge in [0.2, 0.25) is 0 Å². The lowest BCUT2D eigenvalue weighted by molar-refractivity contribution is 1.29. The maximum Gasteiger partial charge on any atom is 0.0540 e. The topological polar surface area (TPSA) is 3.24 Å². The molecule has 0 aromatic heterocycles. The van der Waals surface area contributed by atoms with Gasteiger partial charge < -0.3 is 4.90 Å². The van der Waals surface area contributed by atoms with Crippen LogP contribution in [0.15, 0.2) is 176 Å². The SMILES string of the molecule is c1ccc(-c2ccc(N(c3ccccc3)c3ccc4c(ccc5ccc6ccccc6c54)c3)c(-c3ccccc3)c2)cc1. The zero-order valence-electron chi connectivity index (χ0n) is 23.7. The van der Waals surface area contributed by atoms with Gasteiger partial charge in [0.1, 0.15) is 0 Å². The van der Waals surface area contributed by atoms with Crippen LogP contribution >= 0.6 is 0 Å². The minimum Gasteiger partial charge on any atom is -0.310 e. The summed E-state index contributed by atoms with van der Waals surface area (Å²) in [6, 6.07) is 63.5. The van der Waals surface area contributed by atoms with E-state index in [4.69, 9.17) is 0 Å². The summed E-state index contributed by atoms with van der Waals surface area (Å²) in [4.78, 5) is 2.39. The minimum atomic E-state index is 1.12. The molecule has 0 saturated carbocycles. The highest BCUT2D eigenvalue weighted by Gasteiger charge is 2.19. The Morgan fingerprint density at radius 3 is 1.70 bits per heavy atom. The second-order valence-corrected chi connectivity index (χ2v) is 11.0. The average molecular weight is 548 g/mol. The van der Waals surface area contributed by atoms with Crippen LogP contribution in [-0.2, 0) is 0 Å². The fourth-order valence-electron chi connectivity index (χ4n) is 6.36. The second-order valence-electron chi connectivity index (χ2n) is 11.0. The highest BCUT2D eigenvalue weighted by Crippen LogP contribution is 2.44. The summed E-state index contributed by atoms with van der Waals surface area (Å²) in [7, 11) is 0. The van der Waals surface area contributed by atoms with Gasteiger partial charge in [0.05, 0.1) is 5.69 Å². The van der Waals surface area contributed by atoms with Crippen molar-refractivity contribution in [3.63, 3.8) is 0 Å². The molecule has 0 bridgehead atoms. The molecule has 0 amide bonds. The summed E-state index contributed by atoms with van der Waals surface area (Å²) in [6.07, 6.45) is 0. The first-order valence-corrected chi connectivity index (χ1v) is 14.8. The fourth-order valence-corrected chi connectivity index (χ4v) is 6.36. The zero-order chi connectivity index (χ0) is 28.6. The van der Waals surface area contributed by atoms with Crippen LogP contribution in [0.5, 0.6) is 0 Å². The molecule has 1 heteroatoms. The first kappa shape index (κ1) is 25.1. The summed E-state index contributed by atoms with van der Waals surface area (Å²) < 4.78 is 0.